The third kappa shape index (κ3) is 5.91. The van der Waals surface area contributed by atoms with E-state index in [0.717, 1.165) is 25.7 Å². The van der Waals surface area contributed by atoms with Crippen molar-refractivity contribution < 1.29 is 23.9 Å². The average molecular weight is 395 g/mol. The number of carbonyl (C=O) groups is 3. The van der Waals surface area contributed by atoms with E-state index in [4.69, 9.17) is 9.47 Å². The van der Waals surface area contributed by atoms with Gasteiger partial charge in [0.15, 0.2) is 18.5 Å². The van der Waals surface area contributed by atoms with Gasteiger partial charge >= 0.3 is 5.97 Å². The predicted molar refractivity (Wildman–Crippen MR) is 108 cm³/mol. The van der Waals surface area contributed by atoms with Crippen LogP contribution in [0.25, 0.3) is 0 Å². The number of benzene rings is 2. The van der Waals surface area contributed by atoms with E-state index in [9.17, 15) is 14.4 Å². The molecule has 0 spiro atoms. The number of hydrogen-bond donors (Lipinski definition) is 1. The summed E-state index contributed by atoms with van der Waals surface area (Å²) in [6.45, 7) is 1.24. The molecule has 0 radical (unpaired) electrons. The van der Waals surface area contributed by atoms with E-state index in [1.54, 1.807) is 43.3 Å². The topological polar surface area (TPSA) is 81.7 Å². The maximum absolute atomic E-state index is 12.4. The number of rotatable bonds is 8. The zero-order chi connectivity index (χ0) is 20.6. The van der Waals surface area contributed by atoms with Gasteiger partial charge in [0, 0.05) is 17.2 Å². The second kappa shape index (κ2) is 9.87. The fraction of sp³-hybridized carbons (Fsp3) is 0.348. The minimum atomic E-state index is -0.863. The molecule has 0 unspecified atom stereocenters. The summed E-state index contributed by atoms with van der Waals surface area (Å²) in [5, 5.41) is 2.90. The molecule has 1 aliphatic carbocycles. The summed E-state index contributed by atoms with van der Waals surface area (Å²) >= 11 is 0. The van der Waals surface area contributed by atoms with Crippen LogP contribution in [0, 0.1) is 0 Å². The van der Waals surface area contributed by atoms with Crippen molar-refractivity contribution in [3.05, 3.63) is 65.7 Å². The molecule has 0 aliphatic heterocycles. The molecule has 152 valence electrons. The molecule has 6 nitrogen and oxygen atoms in total. The van der Waals surface area contributed by atoms with Gasteiger partial charge in [-0.2, -0.15) is 0 Å². The first-order valence-corrected chi connectivity index (χ1v) is 9.85. The van der Waals surface area contributed by atoms with Crippen LogP contribution in [0.3, 0.4) is 0 Å². The molecule has 1 amide bonds. The number of ether oxygens (including phenoxy) is 2. The van der Waals surface area contributed by atoms with Gasteiger partial charge in [0.1, 0.15) is 5.75 Å². The lowest BCUT2D eigenvalue weighted by atomic mass is 10.0. The van der Waals surface area contributed by atoms with Crippen LogP contribution in [-0.4, -0.2) is 36.4 Å². The maximum atomic E-state index is 12.4. The first-order chi connectivity index (χ1) is 14.0. The number of hydrogen-bond acceptors (Lipinski definition) is 5. The molecule has 1 saturated carbocycles. The first kappa shape index (κ1) is 20.6. The Morgan fingerprint density at radius 1 is 0.966 bits per heavy atom. The SMILES string of the molecule is C[C@@H](OC(=O)COc1ccc(C(=O)c2ccccc2)cc1)C(=O)NC1CCCC1. The van der Waals surface area contributed by atoms with Crippen LogP contribution in [-0.2, 0) is 14.3 Å². The van der Waals surface area contributed by atoms with Gasteiger partial charge < -0.3 is 14.8 Å². The van der Waals surface area contributed by atoms with E-state index in [-0.39, 0.29) is 24.3 Å². The summed E-state index contributed by atoms with van der Waals surface area (Å²) in [6.07, 6.45) is 3.31. The number of carbonyl (C=O) groups excluding carboxylic acids is 3. The summed E-state index contributed by atoms with van der Waals surface area (Å²) < 4.78 is 10.5. The molecule has 1 aliphatic rings. The van der Waals surface area contributed by atoms with Crippen molar-refractivity contribution in [1.82, 2.24) is 5.32 Å². The average Bonchev–Trinajstić information content (AvgIpc) is 3.25. The molecule has 1 atom stereocenters. The van der Waals surface area contributed by atoms with Crippen molar-refractivity contribution in [1.29, 1.82) is 0 Å². The largest absolute Gasteiger partial charge is 0.482 e. The second-order valence-corrected chi connectivity index (χ2v) is 7.13. The Morgan fingerprint density at radius 2 is 1.59 bits per heavy atom. The summed E-state index contributed by atoms with van der Waals surface area (Å²) in [4.78, 5) is 36.4. The van der Waals surface area contributed by atoms with Gasteiger partial charge in [0.2, 0.25) is 0 Å². The molecule has 0 aromatic heterocycles. The summed E-state index contributed by atoms with van der Waals surface area (Å²) in [7, 11) is 0. The van der Waals surface area contributed by atoms with E-state index in [1.165, 1.54) is 0 Å². The van der Waals surface area contributed by atoms with Crippen molar-refractivity contribution in [2.45, 2.75) is 44.8 Å². The van der Waals surface area contributed by atoms with Crippen LogP contribution in [0.15, 0.2) is 54.6 Å². The zero-order valence-corrected chi connectivity index (χ0v) is 16.4. The summed E-state index contributed by atoms with van der Waals surface area (Å²) in [5.74, 6) is -0.550. The fourth-order valence-corrected chi connectivity index (χ4v) is 3.27. The molecule has 2 aromatic rings. The highest BCUT2D eigenvalue weighted by molar-refractivity contribution is 6.08. The number of amides is 1. The molecule has 1 fully saturated rings. The fourth-order valence-electron chi connectivity index (χ4n) is 3.27. The minimum Gasteiger partial charge on any atom is -0.482 e. The Morgan fingerprint density at radius 3 is 2.24 bits per heavy atom. The van der Waals surface area contributed by atoms with E-state index in [2.05, 4.69) is 5.32 Å². The number of nitrogens with one attached hydrogen (secondary N) is 1. The Hall–Kier alpha value is -3.15. The number of ketones is 1. The lowest BCUT2D eigenvalue weighted by Crippen LogP contribution is -2.41. The highest BCUT2D eigenvalue weighted by Gasteiger charge is 2.23. The smallest absolute Gasteiger partial charge is 0.344 e. The van der Waals surface area contributed by atoms with Crippen LogP contribution in [0.4, 0.5) is 0 Å². The zero-order valence-electron chi connectivity index (χ0n) is 16.4. The molecule has 2 aromatic carbocycles. The van der Waals surface area contributed by atoms with Gasteiger partial charge in [-0.05, 0) is 44.0 Å². The van der Waals surface area contributed by atoms with Gasteiger partial charge in [-0.3, -0.25) is 9.59 Å². The molecule has 1 N–H and O–H groups in total. The Balaban J connectivity index is 1.45. The lowest BCUT2D eigenvalue weighted by Gasteiger charge is -2.17. The minimum absolute atomic E-state index is 0.0846. The Bertz CT molecular complexity index is 841. The van der Waals surface area contributed by atoms with Crippen LogP contribution >= 0.6 is 0 Å². The van der Waals surface area contributed by atoms with Crippen molar-refractivity contribution >= 4 is 17.7 Å². The Kier molecular flexibility index (Phi) is 7.00. The molecule has 0 heterocycles. The van der Waals surface area contributed by atoms with Gasteiger partial charge in [0.05, 0.1) is 0 Å². The van der Waals surface area contributed by atoms with E-state index >= 15 is 0 Å². The van der Waals surface area contributed by atoms with Crippen LogP contribution in [0.2, 0.25) is 0 Å². The Labute approximate surface area is 170 Å². The first-order valence-electron chi connectivity index (χ1n) is 9.85. The lowest BCUT2D eigenvalue weighted by molar-refractivity contribution is -0.156. The maximum Gasteiger partial charge on any atom is 0.344 e. The van der Waals surface area contributed by atoms with Gasteiger partial charge in [-0.25, -0.2) is 4.79 Å². The quantitative estimate of drug-likeness (QED) is 0.548. The van der Waals surface area contributed by atoms with Gasteiger partial charge in [0.25, 0.3) is 5.91 Å². The van der Waals surface area contributed by atoms with Crippen molar-refractivity contribution in [2.24, 2.45) is 0 Å². The summed E-state index contributed by atoms with van der Waals surface area (Å²) in [6, 6.07) is 15.7. The number of esters is 1. The van der Waals surface area contributed by atoms with E-state index in [0.29, 0.717) is 16.9 Å². The molecule has 0 saturated heterocycles. The second-order valence-electron chi connectivity index (χ2n) is 7.13. The predicted octanol–water partition coefficient (Wildman–Crippen LogP) is 3.29. The molecule has 6 heteroatoms. The van der Waals surface area contributed by atoms with Gasteiger partial charge in [-0.15, -0.1) is 0 Å². The summed E-state index contributed by atoms with van der Waals surface area (Å²) in [5.41, 5.74) is 1.14. The molecular weight excluding hydrogens is 370 g/mol. The molecular formula is C23H25NO5. The third-order valence-corrected chi connectivity index (χ3v) is 4.89. The van der Waals surface area contributed by atoms with Crippen molar-refractivity contribution in [2.75, 3.05) is 6.61 Å². The van der Waals surface area contributed by atoms with E-state index < -0.39 is 12.1 Å². The van der Waals surface area contributed by atoms with Crippen LogP contribution in [0.1, 0.15) is 48.5 Å². The standard InChI is InChI=1S/C23H25NO5/c1-16(23(27)24-19-9-5-6-10-19)29-21(25)15-28-20-13-11-18(12-14-20)22(26)17-7-3-2-4-8-17/h2-4,7-8,11-14,16,19H,5-6,9-10,15H2,1H3,(H,24,27)/t16-/m1/s1. The van der Waals surface area contributed by atoms with Crippen LogP contribution < -0.4 is 10.1 Å². The molecule has 3 rings (SSSR count). The van der Waals surface area contributed by atoms with Crippen LogP contribution in [0.5, 0.6) is 5.75 Å². The molecule has 0 bridgehead atoms. The third-order valence-electron chi connectivity index (χ3n) is 4.89. The van der Waals surface area contributed by atoms with Crippen molar-refractivity contribution in [3.63, 3.8) is 0 Å². The monoisotopic (exact) mass is 395 g/mol. The highest BCUT2D eigenvalue weighted by atomic mass is 16.6. The highest BCUT2D eigenvalue weighted by Crippen LogP contribution is 2.18. The van der Waals surface area contributed by atoms with Gasteiger partial charge in [-0.1, -0.05) is 43.2 Å². The van der Waals surface area contributed by atoms with Crippen molar-refractivity contribution in [3.8, 4) is 5.75 Å². The normalized spacial score (nSPS) is 14.8. The van der Waals surface area contributed by atoms with E-state index in [1.807, 2.05) is 18.2 Å². The molecule has 29 heavy (non-hydrogen) atoms.